The van der Waals surface area contributed by atoms with Crippen molar-refractivity contribution < 1.29 is 5.11 Å². The highest BCUT2D eigenvalue weighted by Crippen LogP contribution is 2.25. The Bertz CT molecular complexity index is 655. The Labute approximate surface area is 150 Å². The smallest absolute Gasteiger partial charge is 0.120 e. The number of nitrogens with one attached hydrogen (secondary N) is 1. The minimum Gasteiger partial charge on any atom is -0.508 e. The molecule has 2 N–H and O–H groups in total. The van der Waals surface area contributed by atoms with E-state index < -0.39 is 0 Å². The summed E-state index contributed by atoms with van der Waals surface area (Å²) < 4.78 is 1.00. The topological polar surface area (TPSA) is 35.5 Å². The third kappa shape index (κ3) is 4.63. The fourth-order valence-corrected chi connectivity index (χ4v) is 3.47. The van der Waals surface area contributed by atoms with Crippen LogP contribution in [0, 0.1) is 0 Å². The molecule has 0 spiro atoms. The van der Waals surface area contributed by atoms with Gasteiger partial charge < -0.3 is 10.4 Å². The number of nitrogens with zero attached hydrogens (tertiary/aromatic N) is 1. The Balaban J connectivity index is 1.52. The summed E-state index contributed by atoms with van der Waals surface area (Å²) in [4.78, 5) is 2.39. The summed E-state index contributed by atoms with van der Waals surface area (Å²) in [5.41, 5.74) is 2.10. The maximum Gasteiger partial charge on any atom is 0.120 e. The largest absolute Gasteiger partial charge is 0.508 e. The number of phenolic OH excluding ortho intramolecular Hbond substituents is 1. The van der Waals surface area contributed by atoms with Gasteiger partial charge in [-0.2, -0.15) is 0 Å². The van der Waals surface area contributed by atoms with Gasteiger partial charge in [-0.25, -0.2) is 0 Å². The van der Waals surface area contributed by atoms with Crippen LogP contribution in [0.2, 0.25) is 5.02 Å². The standard InChI is InChI=1S/C18H20BrClN2O/c19-14-1-6-18(23)13(11-14)12-22-9-7-17(8-10-22)21-16-4-2-15(20)3-5-16/h1-6,11,17,21,23H,7-10,12H2. The Morgan fingerprint density at radius 1 is 1.13 bits per heavy atom. The van der Waals surface area contributed by atoms with E-state index in [0.29, 0.717) is 11.8 Å². The number of aromatic hydroxyl groups is 1. The number of phenols is 1. The van der Waals surface area contributed by atoms with Crippen LogP contribution in [-0.2, 0) is 6.54 Å². The minimum atomic E-state index is 0.370. The van der Waals surface area contributed by atoms with Crippen LogP contribution >= 0.6 is 27.5 Å². The highest BCUT2D eigenvalue weighted by molar-refractivity contribution is 9.10. The predicted molar refractivity (Wildman–Crippen MR) is 99.2 cm³/mol. The van der Waals surface area contributed by atoms with E-state index in [9.17, 15) is 5.11 Å². The van der Waals surface area contributed by atoms with Crippen LogP contribution in [0.4, 0.5) is 5.69 Å². The number of halogens is 2. The van der Waals surface area contributed by atoms with Crippen molar-refractivity contribution in [3.05, 3.63) is 57.5 Å². The van der Waals surface area contributed by atoms with E-state index in [4.69, 9.17) is 11.6 Å². The molecule has 2 aromatic rings. The van der Waals surface area contributed by atoms with E-state index in [1.807, 2.05) is 36.4 Å². The molecule has 23 heavy (non-hydrogen) atoms. The third-order valence-corrected chi connectivity index (χ3v) is 4.98. The molecule has 0 atom stereocenters. The molecule has 1 fully saturated rings. The quantitative estimate of drug-likeness (QED) is 0.774. The van der Waals surface area contributed by atoms with Crippen molar-refractivity contribution >= 4 is 33.2 Å². The van der Waals surface area contributed by atoms with Gasteiger partial charge in [-0.3, -0.25) is 4.90 Å². The molecule has 1 aliphatic rings. The first kappa shape index (κ1) is 16.6. The van der Waals surface area contributed by atoms with E-state index in [2.05, 4.69) is 26.1 Å². The van der Waals surface area contributed by atoms with Gasteiger partial charge in [-0.15, -0.1) is 0 Å². The van der Waals surface area contributed by atoms with E-state index in [1.54, 1.807) is 6.07 Å². The van der Waals surface area contributed by atoms with Crippen LogP contribution in [0.25, 0.3) is 0 Å². The molecule has 0 aromatic heterocycles. The Morgan fingerprint density at radius 2 is 1.83 bits per heavy atom. The van der Waals surface area contributed by atoms with Crippen molar-refractivity contribution in [1.29, 1.82) is 0 Å². The molecule has 5 heteroatoms. The number of rotatable bonds is 4. The molecule has 0 bridgehead atoms. The number of anilines is 1. The highest BCUT2D eigenvalue weighted by Gasteiger charge is 2.20. The third-order valence-electron chi connectivity index (χ3n) is 4.24. The summed E-state index contributed by atoms with van der Waals surface area (Å²) in [6.07, 6.45) is 2.19. The zero-order valence-corrected chi connectivity index (χ0v) is 15.1. The highest BCUT2D eigenvalue weighted by atomic mass is 79.9. The predicted octanol–water partition coefficient (Wildman–Crippen LogP) is 4.88. The van der Waals surface area contributed by atoms with Gasteiger partial charge in [0.05, 0.1) is 0 Å². The van der Waals surface area contributed by atoms with Crippen molar-refractivity contribution in [3.8, 4) is 5.75 Å². The van der Waals surface area contributed by atoms with Gasteiger partial charge in [0, 0.05) is 46.4 Å². The Hall–Kier alpha value is -1.23. The van der Waals surface area contributed by atoms with Gasteiger partial charge in [-0.05, 0) is 55.3 Å². The molecule has 1 aliphatic heterocycles. The lowest BCUT2D eigenvalue weighted by Gasteiger charge is -2.33. The zero-order chi connectivity index (χ0) is 16.2. The Kier molecular flexibility index (Phi) is 5.46. The lowest BCUT2D eigenvalue weighted by atomic mass is 10.0. The summed E-state index contributed by atoms with van der Waals surface area (Å²) >= 11 is 9.38. The minimum absolute atomic E-state index is 0.370. The molecule has 1 saturated heterocycles. The average Bonchev–Trinajstić information content (AvgIpc) is 2.55. The first-order chi connectivity index (χ1) is 11.1. The summed E-state index contributed by atoms with van der Waals surface area (Å²) in [7, 11) is 0. The van der Waals surface area contributed by atoms with Crippen molar-refractivity contribution in [1.82, 2.24) is 4.90 Å². The molecule has 3 nitrogen and oxygen atoms in total. The summed E-state index contributed by atoms with van der Waals surface area (Å²) in [5.74, 6) is 0.370. The van der Waals surface area contributed by atoms with Crippen LogP contribution in [0.15, 0.2) is 46.9 Å². The maximum atomic E-state index is 9.96. The van der Waals surface area contributed by atoms with Crippen LogP contribution < -0.4 is 5.32 Å². The van der Waals surface area contributed by atoms with E-state index in [-0.39, 0.29) is 0 Å². The van der Waals surface area contributed by atoms with Crippen molar-refractivity contribution in [3.63, 3.8) is 0 Å². The van der Waals surface area contributed by atoms with Gasteiger partial charge in [0.2, 0.25) is 0 Å². The van der Waals surface area contributed by atoms with Gasteiger partial charge in [0.15, 0.2) is 0 Å². The van der Waals surface area contributed by atoms with Crippen LogP contribution in [0.5, 0.6) is 5.75 Å². The molecule has 1 heterocycles. The molecule has 0 amide bonds. The second-order valence-corrected chi connectivity index (χ2v) is 7.33. The van der Waals surface area contributed by atoms with Gasteiger partial charge >= 0.3 is 0 Å². The first-order valence-electron chi connectivity index (χ1n) is 7.82. The van der Waals surface area contributed by atoms with E-state index >= 15 is 0 Å². The van der Waals surface area contributed by atoms with E-state index in [1.165, 1.54) is 0 Å². The number of piperidine rings is 1. The second kappa shape index (κ2) is 7.56. The van der Waals surface area contributed by atoms with E-state index in [0.717, 1.165) is 53.2 Å². The summed E-state index contributed by atoms with van der Waals surface area (Å²) in [5, 5.41) is 14.3. The fraction of sp³-hybridized carbons (Fsp3) is 0.333. The number of hydrogen-bond acceptors (Lipinski definition) is 3. The number of likely N-dealkylation sites (tertiary alicyclic amines) is 1. The van der Waals surface area contributed by atoms with Gasteiger partial charge in [0.25, 0.3) is 0 Å². The maximum absolute atomic E-state index is 9.96. The first-order valence-corrected chi connectivity index (χ1v) is 8.99. The lowest BCUT2D eigenvalue weighted by Crippen LogP contribution is -2.38. The second-order valence-electron chi connectivity index (χ2n) is 5.97. The molecule has 0 saturated carbocycles. The van der Waals surface area contributed by atoms with Crippen molar-refractivity contribution in [2.24, 2.45) is 0 Å². The molecule has 3 rings (SSSR count). The number of hydrogen-bond donors (Lipinski definition) is 2. The van der Waals surface area contributed by atoms with Crippen LogP contribution in [-0.4, -0.2) is 29.1 Å². The Morgan fingerprint density at radius 3 is 2.52 bits per heavy atom. The lowest BCUT2D eigenvalue weighted by molar-refractivity contribution is 0.209. The molecular formula is C18H20BrClN2O. The monoisotopic (exact) mass is 394 g/mol. The molecule has 0 aliphatic carbocycles. The normalized spacial score (nSPS) is 16.4. The van der Waals surface area contributed by atoms with Crippen molar-refractivity contribution in [2.45, 2.75) is 25.4 Å². The molecule has 122 valence electrons. The average molecular weight is 396 g/mol. The zero-order valence-electron chi connectivity index (χ0n) is 12.8. The molecular weight excluding hydrogens is 376 g/mol. The molecule has 0 unspecified atom stereocenters. The van der Waals surface area contributed by atoms with Crippen LogP contribution in [0.3, 0.4) is 0 Å². The number of benzene rings is 2. The summed E-state index contributed by atoms with van der Waals surface area (Å²) in [6.45, 7) is 2.84. The molecule has 0 radical (unpaired) electrons. The van der Waals surface area contributed by atoms with Crippen molar-refractivity contribution in [2.75, 3.05) is 18.4 Å². The summed E-state index contributed by atoms with van der Waals surface area (Å²) in [6, 6.07) is 14.0. The van der Waals surface area contributed by atoms with Crippen LogP contribution in [0.1, 0.15) is 18.4 Å². The molecule has 2 aromatic carbocycles. The fourth-order valence-electron chi connectivity index (χ4n) is 2.94. The van der Waals surface area contributed by atoms with Gasteiger partial charge in [-0.1, -0.05) is 27.5 Å². The van der Waals surface area contributed by atoms with Gasteiger partial charge in [0.1, 0.15) is 5.75 Å². The SMILES string of the molecule is Oc1ccc(Br)cc1CN1CCC(Nc2ccc(Cl)cc2)CC1.